The maximum absolute atomic E-state index is 16.2. The number of ether oxygens (including phenoxy) is 4. The Morgan fingerprint density at radius 3 is 2.26 bits per heavy atom. The van der Waals surface area contributed by atoms with Crippen LogP contribution in [0.5, 0.6) is 17.2 Å². The maximum atomic E-state index is 16.2. The Hall–Kier alpha value is -6.87. The number of nitrogens with one attached hydrogen (secondary N) is 1. The summed E-state index contributed by atoms with van der Waals surface area (Å²) in [5, 5.41) is 13.3. The van der Waals surface area contributed by atoms with Crippen LogP contribution in [-0.2, 0) is 37.5 Å². The zero-order valence-electron chi connectivity index (χ0n) is 36.5. The molecular formula is C54H51N3O8. The summed E-state index contributed by atoms with van der Waals surface area (Å²) in [6.45, 7) is 0.286. The first-order chi connectivity index (χ1) is 31.8. The first-order valence-corrected chi connectivity index (χ1v) is 22.5. The van der Waals surface area contributed by atoms with Crippen LogP contribution in [0.3, 0.4) is 0 Å². The highest BCUT2D eigenvalue weighted by atomic mass is 16.6. The van der Waals surface area contributed by atoms with Gasteiger partial charge in [0, 0.05) is 29.9 Å². The number of carbonyl (C=O) groups excluding carboxylic acids is 3. The number of esters is 1. The van der Waals surface area contributed by atoms with E-state index in [1.165, 1.54) is 0 Å². The number of para-hydroxylation sites is 1. The molecule has 65 heavy (non-hydrogen) atoms. The maximum Gasteiger partial charge on any atom is 0.324 e. The minimum Gasteiger partial charge on any atom is -0.493 e. The lowest BCUT2D eigenvalue weighted by Crippen LogP contribution is -2.56. The van der Waals surface area contributed by atoms with E-state index >= 15 is 14.4 Å². The second kappa shape index (κ2) is 17.6. The molecule has 5 aromatic carbocycles. The molecule has 0 unspecified atom stereocenters. The molecule has 0 aromatic heterocycles. The fourth-order valence-electron chi connectivity index (χ4n) is 11.0. The van der Waals surface area contributed by atoms with Crippen molar-refractivity contribution in [2.24, 2.45) is 5.92 Å². The molecule has 11 heteroatoms. The van der Waals surface area contributed by atoms with E-state index in [1.807, 2.05) is 115 Å². The lowest BCUT2D eigenvalue weighted by Gasteiger charge is -2.46. The summed E-state index contributed by atoms with van der Waals surface area (Å²) in [5.74, 6) is 5.70. The van der Waals surface area contributed by atoms with Gasteiger partial charge in [-0.05, 0) is 102 Å². The Labute approximate surface area is 379 Å². The standard InChI is InChI=1S/C54H51N3O8/c1-62-44-31-38-26-27-56(33-39(38)32-45(44)63-2)51(59)46-48-52(60)65-49(37-18-10-5-11-19-37)47(36-16-8-4-9-17-36)57(48)50(40-20-12-13-21-43(40)64-29-28-58)54(46)41-30-35(24-25-42(41)55-53(54)61)23-22-34-14-6-3-7-15-34/h4-5,8-14,16-21,24-25,30-32,46-50,58H,3,6-7,15,26-29,33H2,1-2H3,(H,55,61)/t46-,47-,48-,49+,50+,54-/m1/s1. The average Bonchev–Trinajstić information content (AvgIpc) is 3.83. The summed E-state index contributed by atoms with van der Waals surface area (Å²) in [4.78, 5) is 51.3. The molecule has 0 radical (unpaired) electrons. The van der Waals surface area contributed by atoms with Gasteiger partial charge in [0.1, 0.15) is 29.9 Å². The van der Waals surface area contributed by atoms with E-state index in [1.54, 1.807) is 19.1 Å². The normalized spacial score (nSPS) is 24.4. The molecule has 6 atom stereocenters. The van der Waals surface area contributed by atoms with Gasteiger partial charge in [0.2, 0.25) is 11.8 Å². The quantitative estimate of drug-likeness (QED) is 0.113. The molecule has 11 nitrogen and oxygen atoms in total. The van der Waals surface area contributed by atoms with Crippen LogP contribution >= 0.6 is 0 Å². The van der Waals surface area contributed by atoms with Crippen molar-refractivity contribution in [1.29, 1.82) is 0 Å². The van der Waals surface area contributed by atoms with Crippen LogP contribution in [0, 0.1) is 17.8 Å². The summed E-state index contributed by atoms with van der Waals surface area (Å²) < 4.78 is 24.3. The van der Waals surface area contributed by atoms with Gasteiger partial charge in [-0.25, -0.2) is 0 Å². The highest BCUT2D eigenvalue weighted by molar-refractivity contribution is 6.12. The number of fused-ring (bicyclic) bond motifs is 4. The number of methoxy groups -OCH3 is 2. The smallest absolute Gasteiger partial charge is 0.324 e. The fourth-order valence-corrected chi connectivity index (χ4v) is 11.0. The van der Waals surface area contributed by atoms with Crippen molar-refractivity contribution >= 4 is 23.5 Å². The third-order valence-electron chi connectivity index (χ3n) is 13.8. The van der Waals surface area contributed by atoms with E-state index in [9.17, 15) is 5.11 Å². The number of benzene rings is 5. The van der Waals surface area contributed by atoms with E-state index in [2.05, 4.69) is 28.1 Å². The van der Waals surface area contributed by atoms with Crippen LogP contribution in [0.1, 0.15) is 82.8 Å². The molecule has 1 spiro atoms. The number of cyclic esters (lactones) is 1. The number of carbonyl (C=O) groups is 3. The molecule has 0 bridgehead atoms. The Morgan fingerprint density at radius 1 is 0.815 bits per heavy atom. The van der Waals surface area contributed by atoms with Crippen LogP contribution < -0.4 is 19.5 Å². The van der Waals surface area contributed by atoms with Gasteiger partial charge in [-0.3, -0.25) is 19.3 Å². The van der Waals surface area contributed by atoms with Crippen LogP contribution in [0.2, 0.25) is 0 Å². The van der Waals surface area contributed by atoms with E-state index < -0.39 is 47.4 Å². The molecule has 1 aliphatic carbocycles. The predicted octanol–water partition coefficient (Wildman–Crippen LogP) is 7.78. The molecule has 10 rings (SSSR count). The van der Waals surface area contributed by atoms with Crippen molar-refractivity contribution in [1.82, 2.24) is 9.80 Å². The molecule has 330 valence electrons. The molecule has 4 heterocycles. The Morgan fingerprint density at radius 2 is 1.54 bits per heavy atom. The third kappa shape index (κ3) is 7.22. The number of rotatable bonds is 9. The van der Waals surface area contributed by atoms with E-state index in [4.69, 9.17) is 18.9 Å². The lowest BCUT2D eigenvalue weighted by atomic mass is 9.64. The molecule has 5 aromatic rings. The molecule has 5 aliphatic rings. The first-order valence-electron chi connectivity index (χ1n) is 22.5. The molecule has 2 N–H and O–H groups in total. The lowest BCUT2D eigenvalue weighted by molar-refractivity contribution is -0.179. The van der Waals surface area contributed by atoms with Crippen LogP contribution in [-0.4, -0.2) is 72.7 Å². The van der Waals surface area contributed by atoms with Crippen molar-refractivity contribution in [3.8, 4) is 29.1 Å². The number of nitrogens with zero attached hydrogens (tertiary/aromatic N) is 2. The van der Waals surface area contributed by atoms with Gasteiger partial charge >= 0.3 is 5.97 Å². The highest BCUT2D eigenvalue weighted by Gasteiger charge is 2.74. The van der Waals surface area contributed by atoms with E-state index in [0.29, 0.717) is 52.6 Å². The highest BCUT2D eigenvalue weighted by Crippen LogP contribution is 2.66. The topological polar surface area (TPSA) is 127 Å². The largest absolute Gasteiger partial charge is 0.493 e. The van der Waals surface area contributed by atoms with Gasteiger partial charge in [-0.15, -0.1) is 0 Å². The minimum absolute atomic E-state index is 0.0148. The Balaban J connectivity index is 1.24. The number of anilines is 1. The SMILES string of the molecule is COc1cc2c(cc1OC)CN(C(=O)[C@H]1[C@@H]3C(=O)O[C@@H](c4ccccc4)[C@@H](c4ccccc4)N3[C@@H](c3ccccc3OCCO)[C@]13C(=O)Nc1ccc(C#CC4=CCCCC4)cc13)CC2. The molecule has 2 saturated heterocycles. The number of morpholine rings is 1. The molecule has 2 fully saturated rings. The van der Waals surface area contributed by atoms with Crippen LogP contribution in [0.4, 0.5) is 5.69 Å². The fraction of sp³-hybridized carbons (Fsp3) is 0.315. The van der Waals surface area contributed by atoms with Gasteiger partial charge in [0.05, 0.1) is 38.8 Å². The first kappa shape index (κ1) is 42.1. The second-order valence-corrected chi connectivity index (χ2v) is 17.3. The van der Waals surface area contributed by atoms with Crippen molar-refractivity contribution in [3.05, 3.63) is 166 Å². The third-order valence-corrected chi connectivity index (χ3v) is 13.8. The summed E-state index contributed by atoms with van der Waals surface area (Å²) in [6.07, 6.45) is 6.00. The van der Waals surface area contributed by atoms with Crippen LogP contribution in [0.25, 0.3) is 0 Å². The zero-order valence-corrected chi connectivity index (χ0v) is 36.5. The van der Waals surface area contributed by atoms with E-state index in [-0.39, 0.29) is 25.7 Å². The van der Waals surface area contributed by atoms with Crippen molar-refractivity contribution in [2.75, 3.05) is 39.3 Å². The molecule has 2 amide bonds. The number of amides is 2. The zero-order chi connectivity index (χ0) is 44.7. The summed E-state index contributed by atoms with van der Waals surface area (Å²) in [6, 6.07) is 33.6. The summed E-state index contributed by atoms with van der Waals surface area (Å²) >= 11 is 0. The summed E-state index contributed by atoms with van der Waals surface area (Å²) in [7, 11) is 3.18. The van der Waals surface area contributed by atoms with Crippen molar-refractivity contribution in [3.63, 3.8) is 0 Å². The van der Waals surface area contributed by atoms with E-state index in [0.717, 1.165) is 53.5 Å². The molecular weight excluding hydrogens is 819 g/mol. The monoisotopic (exact) mass is 869 g/mol. The van der Waals surface area contributed by atoms with Crippen LogP contribution in [0.15, 0.2) is 127 Å². The van der Waals surface area contributed by atoms with Gasteiger partial charge in [-0.2, -0.15) is 0 Å². The van der Waals surface area contributed by atoms with Gasteiger partial charge in [0.15, 0.2) is 11.5 Å². The Bertz CT molecular complexity index is 2740. The average molecular weight is 870 g/mol. The van der Waals surface area contributed by atoms with Gasteiger partial charge < -0.3 is 34.3 Å². The van der Waals surface area contributed by atoms with Gasteiger partial charge in [0.25, 0.3) is 0 Å². The van der Waals surface area contributed by atoms with Crippen molar-refractivity contribution in [2.45, 2.75) is 68.3 Å². The summed E-state index contributed by atoms with van der Waals surface area (Å²) in [5.41, 5.74) is 5.26. The predicted molar refractivity (Wildman–Crippen MR) is 244 cm³/mol. The number of hydrogen-bond donors (Lipinski definition) is 2. The number of hydrogen-bond acceptors (Lipinski definition) is 9. The second-order valence-electron chi connectivity index (χ2n) is 17.3. The molecule has 0 saturated carbocycles. The number of aliphatic hydroxyl groups is 1. The van der Waals surface area contributed by atoms with Crippen molar-refractivity contribution < 1.29 is 38.4 Å². The molecule has 4 aliphatic heterocycles. The Kier molecular flexibility index (Phi) is 11.4. The van der Waals surface area contributed by atoms with Gasteiger partial charge in [-0.1, -0.05) is 96.8 Å². The number of aliphatic hydroxyl groups excluding tert-OH is 1. The minimum atomic E-state index is -1.73. The number of allylic oxidation sites excluding steroid dienone is 2.